The molecule has 0 atom stereocenters. The van der Waals surface area contributed by atoms with Crippen LogP contribution < -0.4 is 0 Å². The number of hydrogen-bond donors (Lipinski definition) is 1. The molecule has 29 heavy (non-hydrogen) atoms. The van der Waals surface area contributed by atoms with Crippen LogP contribution in [0, 0.1) is 13.8 Å². The van der Waals surface area contributed by atoms with Gasteiger partial charge < -0.3 is 4.98 Å². The van der Waals surface area contributed by atoms with Crippen LogP contribution in [0.1, 0.15) is 53.1 Å². The maximum Gasteiger partial charge on any atom is 0.247 e. The molecule has 150 valence electrons. The minimum atomic E-state index is 0. The summed E-state index contributed by atoms with van der Waals surface area (Å²) in [6.07, 6.45) is 6.74. The van der Waals surface area contributed by atoms with E-state index in [4.69, 9.17) is 0 Å². The minimum Gasteiger partial charge on any atom is -0.346 e. The van der Waals surface area contributed by atoms with Gasteiger partial charge in [0.15, 0.2) is 0 Å². The number of H-pyrrole nitrogens is 1. The van der Waals surface area contributed by atoms with Crippen LogP contribution in [-0.2, 0) is 12.8 Å². The number of rotatable bonds is 6. The summed E-state index contributed by atoms with van der Waals surface area (Å²) in [7, 11) is 0. The van der Waals surface area contributed by atoms with Crippen molar-refractivity contribution in [1.29, 1.82) is 0 Å². The number of fused-ring (bicyclic) bond motifs is 1. The van der Waals surface area contributed by atoms with Crippen LogP contribution in [0.25, 0.3) is 11.0 Å². The second kappa shape index (κ2) is 8.86. The molecule has 0 unspecified atom stereocenters. The average molecular weight is 389 g/mol. The molecular formula is C24H28N4O. The first kappa shape index (κ1) is 20.5. The number of aromatic nitrogens is 4. The van der Waals surface area contributed by atoms with Gasteiger partial charge in [-0.15, -0.1) is 0 Å². The molecule has 3 aromatic heterocycles. The van der Waals surface area contributed by atoms with Crippen LogP contribution in [0.15, 0.2) is 54.9 Å². The summed E-state index contributed by atoms with van der Waals surface area (Å²) in [6.45, 7) is 3.96. The first-order valence-electron chi connectivity index (χ1n) is 9.66. The second-order valence-corrected chi connectivity index (χ2v) is 7.18. The molecule has 0 radical (unpaired) electrons. The summed E-state index contributed by atoms with van der Waals surface area (Å²) < 4.78 is 1.59. The van der Waals surface area contributed by atoms with E-state index in [9.17, 15) is 4.79 Å². The first-order chi connectivity index (χ1) is 13.6. The fourth-order valence-electron chi connectivity index (χ4n) is 3.72. The van der Waals surface area contributed by atoms with Crippen molar-refractivity contribution >= 4 is 16.9 Å². The molecule has 0 saturated carbocycles. The quantitative estimate of drug-likeness (QED) is 0.490. The van der Waals surface area contributed by atoms with Crippen molar-refractivity contribution < 1.29 is 4.79 Å². The van der Waals surface area contributed by atoms with E-state index in [-0.39, 0.29) is 13.3 Å². The number of benzene rings is 1. The number of aryl methyl sites for hydroxylation is 2. The molecule has 1 aromatic carbocycles. The van der Waals surface area contributed by atoms with Gasteiger partial charge in [-0.25, -0.2) is 9.67 Å². The van der Waals surface area contributed by atoms with Gasteiger partial charge >= 0.3 is 0 Å². The SMILES string of the molecule is C.Cc1nn(C(=O)CCCc2ccccc2)c(C)c1Cc1c[nH]c2ncccc12. The highest BCUT2D eigenvalue weighted by molar-refractivity contribution is 5.81. The molecule has 0 saturated heterocycles. The Kier molecular flexibility index (Phi) is 6.27. The molecule has 1 N–H and O–H groups in total. The topological polar surface area (TPSA) is 63.6 Å². The summed E-state index contributed by atoms with van der Waals surface area (Å²) in [4.78, 5) is 20.3. The third-order valence-corrected chi connectivity index (χ3v) is 5.28. The fourth-order valence-corrected chi connectivity index (χ4v) is 3.72. The molecule has 0 spiro atoms. The number of nitrogens with one attached hydrogen (secondary N) is 1. The molecule has 0 aliphatic heterocycles. The second-order valence-electron chi connectivity index (χ2n) is 7.18. The zero-order valence-corrected chi connectivity index (χ0v) is 16.3. The third kappa shape index (κ3) is 4.29. The van der Waals surface area contributed by atoms with Crippen LogP contribution in [0.2, 0.25) is 0 Å². The Labute approximate surface area is 171 Å². The zero-order valence-electron chi connectivity index (χ0n) is 16.3. The van der Waals surface area contributed by atoms with Gasteiger partial charge in [-0.3, -0.25) is 4.79 Å². The maximum absolute atomic E-state index is 12.7. The van der Waals surface area contributed by atoms with Crippen molar-refractivity contribution in [3.63, 3.8) is 0 Å². The Balaban J connectivity index is 0.00000240. The van der Waals surface area contributed by atoms with Crippen LogP contribution in [0.4, 0.5) is 0 Å². The van der Waals surface area contributed by atoms with E-state index in [1.165, 1.54) is 11.1 Å². The molecule has 0 amide bonds. The highest BCUT2D eigenvalue weighted by Crippen LogP contribution is 2.23. The fraction of sp³-hybridized carbons (Fsp3) is 0.292. The number of carbonyl (C=O) groups is 1. The van der Waals surface area contributed by atoms with Gasteiger partial charge in [0.2, 0.25) is 5.91 Å². The van der Waals surface area contributed by atoms with Gasteiger partial charge in [0.05, 0.1) is 5.69 Å². The van der Waals surface area contributed by atoms with E-state index in [0.29, 0.717) is 6.42 Å². The first-order valence-corrected chi connectivity index (χ1v) is 9.66. The maximum atomic E-state index is 12.7. The molecule has 3 heterocycles. The van der Waals surface area contributed by atoms with Gasteiger partial charge in [0.1, 0.15) is 5.65 Å². The lowest BCUT2D eigenvalue weighted by Crippen LogP contribution is -2.14. The lowest BCUT2D eigenvalue weighted by atomic mass is 10.0. The van der Waals surface area contributed by atoms with E-state index in [0.717, 1.165) is 47.2 Å². The van der Waals surface area contributed by atoms with Crippen molar-refractivity contribution in [2.75, 3.05) is 0 Å². The molecule has 5 heteroatoms. The standard InChI is InChI=1S/C23H24N4O.CH4/c1-16-21(14-19-15-25-23-20(19)11-7-13-24-23)17(2)27(26-16)22(28)12-6-10-18-8-4-3-5-9-18;/h3-5,7-9,11,13,15H,6,10,12,14H2,1-2H3,(H,24,25);1H4. The van der Waals surface area contributed by atoms with E-state index >= 15 is 0 Å². The average Bonchev–Trinajstić information content (AvgIpc) is 3.25. The number of hydrogen-bond acceptors (Lipinski definition) is 3. The van der Waals surface area contributed by atoms with Crippen molar-refractivity contribution in [3.05, 3.63) is 82.9 Å². The highest BCUT2D eigenvalue weighted by Gasteiger charge is 2.18. The van der Waals surface area contributed by atoms with Crippen LogP contribution in [-0.4, -0.2) is 25.7 Å². The summed E-state index contributed by atoms with van der Waals surface area (Å²) >= 11 is 0. The van der Waals surface area contributed by atoms with Gasteiger partial charge in [0.25, 0.3) is 0 Å². The van der Waals surface area contributed by atoms with Crippen molar-refractivity contribution in [1.82, 2.24) is 19.7 Å². The van der Waals surface area contributed by atoms with Crippen molar-refractivity contribution in [3.8, 4) is 0 Å². The molecule has 5 nitrogen and oxygen atoms in total. The Morgan fingerprint density at radius 3 is 2.69 bits per heavy atom. The molecule has 0 bridgehead atoms. The predicted molar refractivity (Wildman–Crippen MR) is 117 cm³/mol. The lowest BCUT2D eigenvalue weighted by molar-refractivity contribution is 0.0881. The Morgan fingerprint density at radius 2 is 1.90 bits per heavy atom. The predicted octanol–water partition coefficient (Wildman–Crippen LogP) is 5.27. The minimum absolute atomic E-state index is 0. The smallest absolute Gasteiger partial charge is 0.247 e. The van der Waals surface area contributed by atoms with E-state index < -0.39 is 0 Å². The number of nitrogens with zero attached hydrogens (tertiary/aromatic N) is 3. The summed E-state index contributed by atoms with van der Waals surface area (Å²) in [5.41, 5.74) is 6.27. The molecule has 0 aliphatic rings. The van der Waals surface area contributed by atoms with Crippen molar-refractivity contribution in [2.24, 2.45) is 0 Å². The monoisotopic (exact) mass is 388 g/mol. The van der Waals surface area contributed by atoms with E-state index in [1.807, 2.05) is 44.3 Å². The molecule has 4 rings (SSSR count). The van der Waals surface area contributed by atoms with E-state index in [1.54, 1.807) is 10.9 Å². The van der Waals surface area contributed by atoms with Crippen LogP contribution in [0.3, 0.4) is 0 Å². The summed E-state index contributed by atoms with van der Waals surface area (Å²) in [6, 6.07) is 14.3. The Bertz CT molecular complexity index is 1110. The molecule has 0 aliphatic carbocycles. The Morgan fingerprint density at radius 1 is 1.10 bits per heavy atom. The number of pyridine rings is 1. The van der Waals surface area contributed by atoms with Crippen molar-refractivity contribution in [2.45, 2.75) is 47.0 Å². The van der Waals surface area contributed by atoms with Gasteiger partial charge in [-0.2, -0.15) is 5.10 Å². The third-order valence-electron chi connectivity index (χ3n) is 5.28. The van der Waals surface area contributed by atoms with Gasteiger partial charge in [0, 0.05) is 41.9 Å². The Hall–Kier alpha value is -3.21. The lowest BCUT2D eigenvalue weighted by Gasteiger charge is -2.05. The highest BCUT2D eigenvalue weighted by atomic mass is 16.2. The summed E-state index contributed by atoms with van der Waals surface area (Å²) in [5, 5.41) is 5.65. The molecular weight excluding hydrogens is 360 g/mol. The van der Waals surface area contributed by atoms with Crippen LogP contribution in [0.5, 0.6) is 0 Å². The van der Waals surface area contributed by atoms with Crippen LogP contribution >= 0.6 is 0 Å². The molecule has 4 aromatic rings. The summed E-state index contributed by atoms with van der Waals surface area (Å²) in [5.74, 6) is 0.0587. The zero-order chi connectivity index (χ0) is 19.5. The van der Waals surface area contributed by atoms with Gasteiger partial charge in [-0.1, -0.05) is 37.8 Å². The number of carbonyl (C=O) groups excluding carboxylic acids is 1. The molecule has 0 fully saturated rings. The normalized spacial score (nSPS) is 10.8. The van der Waals surface area contributed by atoms with E-state index in [2.05, 4.69) is 33.3 Å². The van der Waals surface area contributed by atoms with Gasteiger partial charge in [-0.05, 0) is 49.9 Å². The largest absolute Gasteiger partial charge is 0.346 e. The number of aromatic amines is 1.